The first-order chi connectivity index (χ1) is 14.8. The fourth-order valence-corrected chi connectivity index (χ4v) is 5.85. The molecule has 164 valence electrons. The Morgan fingerprint density at radius 3 is 2.39 bits per heavy atom. The van der Waals surface area contributed by atoms with E-state index in [0.717, 1.165) is 24.0 Å². The van der Waals surface area contributed by atoms with Gasteiger partial charge < -0.3 is 5.32 Å². The number of amides is 2. The van der Waals surface area contributed by atoms with E-state index in [0.29, 0.717) is 30.9 Å². The van der Waals surface area contributed by atoms with Gasteiger partial charge in [0.05, 0.1) is 4.90 Å². The summed E-state index contributed by atoms with van der Waals surface area (Å²) in [7, 11) is -3.56. The quantitative estimate of drug-likeness (QED) is 0.772. The number of benzene rings is 2. The largest absolute Gasteiger partial charge is 0.350 e. The lowest BCUT2D eigenvalue weighted by atomic mass is 10.1. The van der Waals surface area contributed by atoms with Crippen molar-refractivity contribution in [2.24, 2.45) is 0 Å². The summed E-state index contributed by atoms with van der Waals surface area (Å²) in [5, 5.41) is 2.91. The highest BCUT2D eigenvalue weighted by atomic mass is 32.2. The van der Waals surface area contributed by atoms with Crippen LogP contribution >= 0.6 is 0 Å². The van der Waals surface area contributed by atoms with E-state index >= 15 is 0 Å². The van der Waals surface area contributed by atoms with Crippen LogP contribution in [0.4, 0.5) is 5.69 Å². The van der Waals surface area contributed by atoms with Gasteiger partial charge in [-0.2, -0.15) is 4.31 Å². The van der Waals surface area contributed by atoms with Gasteiger partial charge in [0, 0.05) is 38.7 Å². The maximum Gasteiger partial charge on any atom is 0.243 e. The van der Waals surface area contributed by atoms with Gasteiger partial charge in [0.2, 0.25) is 21.8 Å². The molecule has 8 heteroatoms. The number of hydrogen-bond acceptors (Lipinski definition) is 4. The molecular weight excluding hydrogens is 414 g/mol. The first kappa shape index (κ1) is 21.5. The summed E-state index contributed by atoms with van der Waals surface area (Å²) < 4.78 is 27.3. The number of nitrogens with zero attached hydrogens (tertiary/aromatic N) is 2. The first-order valence-electron chi connectivity index (χ1n) is 10.5. The van der Waals surface area contributed by atoms with E-state index in [1.165, 1.54) is 22.2 Å². The molecule has 1 atom stereocenters. The number of nitrogens with one attached hydrogen (secondary N) is 1. The summed E-state index contributed by atoms with van der Waals surface area (Å²) in [6.45, 7) is 4.85. The number of sulfonamides is 1. The van der Waals surface area contributed by atoms with E-state index in [1.807, 2.05) is 31.2 Å². The van der Waals surface area contributed by atoms with Crippen LogP contribution in [0.5, 0.6) is 0 Å². The van der Waals surface area contributed by atoms with Crippen LogP contribution < -0.4 is 10.2 Å². The monoisotopic (exact) mass is 441 g/mol. The van der Waals surface area contributed by atoms with Gasteiger partial charge in [-0.15, -0.1) is 0 Å². The summed E-state index contributed by atoms with van der Waals surface area (Å²) in [5.74, 6) is -0.500. The molecule has 0 aliphatic carbocycles. The lowest BCUT2D eigenvalue weighted by Gasteiger charge is -2.23. The number of rotatable bonds is 5. The smallest absolute Gasteiger partial charge is 0.243 e. The molecule has 2 aromatic rings. The van der Waals surface area contributed by atoms with E-state index in [-0.39, 0.29) is 23.1 Å². The van der Waals surface area contributed by atoms with Crippen molar-refractivity contribution in [3.8, 4) is 0 Å². The Hall–Kier alpha value is -2.71. The summed E-state index contributed by atoms with van der Waals surface area (Å²) in [4.78, 5) is 27.0. The highest BCUT2D eigenvalue weighted by molar-refractivity contribution is 7.89. The molecule has 0 spiro atoms. The number of carbonyl (C=O) groups is 2. The number of anilines is 1. The van der Waals surface area contributed by atoms with Crippen LogP contribution in [-0.4, -0.2) is 43.7 Å². The van der Waals surface area contributed by atoms with Gasteiger partial charge in [0.1, 0.15) is 6.04 Å². The van der Waals surface area contributed by atoms with Crippen LogP contribution in [0.2, 0.25) is 0 Å². The standard InChI is InChI=1S/C23H27N3O4S/c1-16-5-7-18(8-6-16)15-24-23(28)22-14-19-13-20(9-10-21(19)26(22)17(2)27)31(29,30)25-11-3-4-12-25/h5-10,13,22H,3-4,11-12,14-15H2,1-2H3,(H,24,28)/t22-/m1/s1. The molecule has 0 bridgehead atoms. The Labute approximate surface area is 183 Å². The number of aryl methyl sites for hydroxylation is 1. The second-order valence-corrected chi connectivity index (χ2v) is 10.2. The van der Waals surface area contributed by atoms with Gasteiger partial charge in [-0.1, -0.05) is 29.8 Å². The lowest BCUT2D eigenvalue weighted by molar-refractivity contribution is -0.125. The summed E-state index contributed by atoms with van der Waals surface area (Å²) in [6, 6.07) is 12.0. The van der Waals surface area contributed by atoms with E-state index in [4.69, 9.17) is 0 Å². The Balaban J connectivity index is 1.54. The van der Waals surface area contributed by atoms with Crippen molar-refractivity contribution in [1.82, 2.24) is 9.62 Å². The zero-order valence-corrected chi connectivity index (χ0v) is 18.6. The molecule has 2 heterocycles. The van der Waals surface area contributed by atoms with E-state index in [1.54, 1.807) is 12.1 Å². The predicted octanol–water partition coefficient (Wildman–Crippen LogP) is 2.37. The minimum Gasteiger partial charge on any atom is -0.350 e. The lowest BCUT2D eigenvalue weighted by Crippen LogP contribution is -2.47. The molecule has 0 unspecified atom stereocenters. The average molecular weight is 442 g/mol. The van der Waals surface area contributed by atoms with Crippen LogP contribution in [0.3, 0.4) is 0 Å². The molecule has 1 saturated heterocycles. The minimum atomic E-state index is -3.56. The van der Waals surface area contributed by atoms with Gasteiger partial charge >= 0.3 is 0 Å². The molecule has 0 aromatic heterocycles. The first-order valence-corrected chi connectivity index (χ1v) is 12.0. The van der Waals surface area contributed by atoms with Crippen molar-refractivity contribution in [2.75, 3.05) is 18.0 Å². The maximum absolute atomic E-state index is 12.9. The molecule has 2 aliphatic rings. The zero-order chi connectivity index (χ0) is 22.2. The normalized spacial score (nSPS) is 18.8. The molecule has 2 aromatic carbocycles. The third-order valence-corrected chi connectivity index (χ3v) is 7.86. The highest BCUT2D eigenvalue weighted by Gasteiger charge is 2.38. The molecule has 7 nitrogen and oxygen atoms in total. The third kappa shape index (κ3) is 4.22. The molecular formula is C23H27N3O4S. The molecule has 4 rings (SSSR count). The van der Waals surface area contributed by atoms with Crippen LogP contribution in [0, 0.1) is 6.92 Å². The van der Waals surface area contributed by atoms with E-state index in [2.05, 4.69) is 5.32 Å². The SMILES string of the molecule is CC(=O)N1c2ccc(S(=O)(=O)N3CCCC3)cc2C[C@@H]1C(=O)NCc1ccc(C)cc1. The molecule has 31 heavy (non-hydrogen) atoms. The zero-order valence-electron chi connectivity index (χ0n) is 17.8. The van der Waals surface area contributed by atoms with Gasteiger partial charge in [0.15, 0.2) is 0 Å². The summed E-state index contributed by atoms with van der Waals surface area (Å²) >= 11 is 0. The Kier molecular flexibility index (Phi) is 5.85. The Morgan fingerprint density at radius 1 is 1.06 bits per heavy atom. The van der Waals surface area contributed by atoms with Crippen molar-refractivity contribution in [2.45, 2.75) is 50.6 Å². The summed E-state index contributed by atoms with van der Waals surface area (Å²) in [6.07, 6.45) is 2.02. The molecule has 1 N–H and O–H groups in total. The van der Waals surface area contributed by atoms with Gasteiger partial charge in [-0.3, -0.25) is 14.5 Å². The van der Waals surface area contributed by atoms with Crippen molar-refractivity contribution in [3.63, 3.8) is 0 Å². The number of hydrogen-bond donors (Lipinski definition) is 1. The van der Waals surface area contributed by atoms with Crippen molar-refractivity contribution >= 4 is 27.5 Å². The highest BCUT2D eigenvalue weighted by Crippen LogP contribution is 2.35. The topological polar surface area (TPSA) is 86.8 Å². The van der Waals surface area contributed by atoms with Crippen LogP contribution in [0.25, 0.3) is 0 Å². The molecule has 2 amide bonds. The van der Waals surface area contributed by atoms with Crippen LogP contribution in [0.15, 0.2) is 47.4 Å². The van der Waals surface area contributed by atoms with E-state index in [9.17, 15) is 18.0 Å². The molecule has 0 radical (unpaired) electrons. The molecule has 1 fully saturated rings. The van der Waals surface area contributed by atoms with Gasteiger partial charge in [-0.05, 0) is 49.1 Å². The second kappa shape index (κ2) is 8.43. The maximum atomic E-state index is 12.9. The summed E-state index contributed by atoms with van der Waals surface area (Å²) in [5.41, 5.74) is 3.42. The minimum absolute atomic E-state index is 0.220. The molecule has 2 aliphatic heterocycles. The van der Waals surface area contributed by atoms with Gasteiger partial charge in [0.25, 0.3) is 0 Å². The van der Waals surface area contributed by atoms with Crippen LogP contribution in [0.1, 0.15) is 36.5 Å². The average Bonchev–Trinajstić information content (AvgIpc) is 3.41. The fraction of sp³-hybridized carbons (Fsp3) is 0.391. The Morgan fingerprint density at radius 2 is 1.74 bits per heavy atom. The van der Waals surface area contributed by atoms with Gasteiger partial charge in [-0.25, -0.2) is 8.42 Å². The van der Waals surface area contributed by atoms with Crippen molar-refractivity contribution in [1.29, 1.82) is 0 Å². The number of fused-ring (bicyclic) bond motifs is 1. The van der Waals surface area contributed by atoms with Crippen molar-refractivity contribution < 1.29 is 18.0 Å². The number of carbonyl (C=O) groups excluding carboxylic acids is 2. The Bertz CT molecular complexity index is 1110. The molecule has 0 saturated carbocycles. The predicted molar refractivity (Wildman–Crippen MR) is 118 cm³/mol. The fourth-order valence-electron chi connectivity index (χ4n) is 4.28. The van der Waals surface area contributed by atoms with Crippen LogP contribution in [-0.2, 0) is 32.6 Å². The third-order valence-electron chi connectivity index (χ3n) is 5.97. The van der Waals surface area contributed by atoms with E-state index < -0.39 is 16.1 Å². The second-order valence-electron chi connectivity index (χ2n) is 8.21. The van der Waals surface area contributed by atoms with Crippen molar-refractivity contribution in [3.05, 3.63) is 59.2 Å².